The van der Waals surface area contributed by atoms with Gasteiger partial charge < -0.3 is 25.6 Å². The maximum absolute atomic E-state index is 12.3. The van der Waals surface area contributed by atoms with Gasteiger partial charge in [0, 0.05) is 19.6 Å². The molecule has 0 aromatic rings. The van der Waals surface area contributed by atoms with Crippen LogP contribution in [0.2, 0.25) is 0 Å². The van der Waals surface area contributed by atoms with Gasteiger partial charge >= 0.3 is 13.8 Å². The molecular weight excluding hydrogens is 509 g/mol. The highest BCUT2D eigenvalue weighted by Crippen LogP contribution is 2.45. The first-order chi connectivity index (χ1) is 18.4. The minimum Gasteiger partial charge on any atom is -0.481 e. The highest BCUT2D eigenvalue weighted by atomic mass is 31.2. The van der Waals surface area contributed by atoms with Crippen LogP contribution in [-0.4, -0.2) is 59.6 Å². The number of aliphatic hydroxyl groups is 1. The van der Waals surface area contributed by atoms with Crippen LogP contribution in [0.3, 0.4) is 0 Å². The van der Waals surface area contributed by atoms with E-state index >= 15 is 0 Å². The molecule has 0 rings (SSSR count). The van der Waals surface area contributed by atoms with Gasteiger partial charge in [-0.1, -0.05) is 110 Å². The van der Waals surface area contributed by atoms with E-state index in [9.17, 15) is 19.4 Å². The van der Waals surface area contributed by atoms with E-state index < -0.39 is 26.0 Å². The number of phosphoric ester groups is 1. The molecule has 0 saturated carbocycles. The van der Waals surface area contributed by atoms with Gasteiger partial charge in [-0.3, -0.25) is 13.8 Å². The lowest BCUT2D eigenvalue weighted by molar-refractivity contribution is -0.137. The fraction of sp³-hybridized carbons (Fsp3) is 0.964. The van der Waals surface area contributed by atoms with E-state index in [-0.39, 0.29) is 32.8 Å². The third kappa shape index (κ3) is 24.5. The van der Waals surface area contributed by atoms with E-state index in [1.165, 1.54) is 83.5 Å². The van der Waals surface area contributed by atoms with Crippen LogP contribution in [0.5, 0.6) is 0 Å². The summed E-state index contributed by atoms with van der Waals surface area (Å²) in [6, 6.07) is 0. The molecule has 38 heavy (non-hydrogen) atoms. The van der Waals surface area contributed by atoms with Crippen LogP contribution in [-0.2, 0) is 23.1 Å². The summed E-state index contributed by atoms with van der Waals surface area (Å²) in [5, 5.41) is 18.6. The fourth-order valence-electron chi connectivity index (χ4n) is 4.46. The van der Waals surface area contributed by atoms with Crippen molar-refractivity contribution in [3.63, 3.8) is 0 Å². The predicted molar refractivity (Wildman–Crippen MR) is 152 cm³/mol. The van der Waals surface area contributed by atoms with Gasteiger partial charge in [0.2, 0.25) is 0 Å². The molecule has 0 fully saturated rings. The molecule has 0 radical (unpaired) electrons. The van der Waals surface area contributed by atoms with E-state index in [1.807, 2.05) is 0 Å². The number of carbonyl (C=O) groups is 1. The van der Waals surface area contributed by atoms with Crippen LogP contribution in [0.1, 0.15) is 135 Å². The number of nitrogens with two attached hydrogens (primary N) is 1. The van der Waals surface area contributed by atoms with Crippen molar-refractivity contribution in [2.45, 2.75) is 148 Å². The number of phosphoric acid groups is 1. The number of aliphatic carboxylic acids is 1. The van der Waals surface area contributed by atoms with Gasteiger partial charge in [-0.25, -0.2) is 4.57 Å². The third-order valence-corrected chi connectivity index (χ3v) is 7.74. The Kier molecular flexibility index (Phi) is 26.3. The van der Waals surface area contributed by atoms with Crippen LogP contribution in [0, 0.1) is 0 Å². The summed E-state index contributed by atoms with van der Waals surface area (Å²) in [5.74, 6) is -0.869. The van der Waals surface area contributed by atoms with Crippen LogP contribution < -0.4 is 5.73 Å². The molecule has 0 spiro atoms. The fourth-order valence-corrected chi connectivity index (χ4v) is 5.44. The lowest BCUT2D eigenvalue weighted by Crippen LogP contribution is -2.35. The number of carboxylic acid groups (broad SMARTS) is 1. The van der Waals surface area contributed by atoms with Crippen LogP contribution in [0.15, 0.2) is 0 Å². The number of carboxylic acids is 1. The molecule has 9 nitrogen and oxygen atoms in total. The maximum Gasteiger partial charge on any atom is 0.472 e. The van der Waals surface area contributed by atoms with Gasteiger partial charge in [0.1, 0.15) is 6.10 Å². The van der Waals surface area contributed by atoms with E-state index in [4.69, 9.17) is 24.6 Å². The molecule has 228 valence electrons. The van der Waals surface area contributed by atoms with Crippen molar-refractivity contribution in [1.82, 2.24) is 0 Å². The summed E-state index contributed by atoms with van der Waals surface area (Å²) >= 11 is 0. The van der Waals surface area contributed by atoms with Gasteiger partial charge in [0.05, 0.1) is 19.3 Å². The van der Waals surface area contributed by atoms with Crippen LogP contribution in [0.4, 0.5) is 0 Å². The minimum atomic E-state index is -4.33. The number of hydrogen-bond donors (Lipinski definition) is 4. The Morgan fingerprint density at radius 2 is 1.26 bits per heavy atom. The molecule has 0 aliphatic rings. The summed E-state index contributed by atoms with van der Waals surface area (Å²) in [4.78, 5) is 20.7. The van der Waals surface area contributed by atoms with Gasteiger partial charge in [0.25, 0.3) is 0 Å². The quantitative estimate of drug-likeness (QED) is 0.0547. The predicted octanol–water partition coefficient (Wildman–Crippen LogP) is 6.73. The highest BCUT2D eigenvalue weighted by molar-refractivity contribution is 7.47. The summed E-state index contributed by atoms with van der Waals surface area (Å²) in [7, 11) is -4.33. The number of hydrogen-bond acceptors (Lipinski definition) is 7. The molecule has 3 atom stereocenters. The average molecular weight is 568 g/mol. The molecule has 0 heterocycles. The van der Waals surface area contributed by atoms with Crippen molar-refractivity contribution in [3.8, 4) is 0 Å². The van der Waals surface area contributed by atoms with Crippen molar-refractivity contribution < 1.29 is 38.3 Å². The van der Waals surface area contributed by atoms with E-state index in [0.717, 1.165) is 19.3 Å². The van der Waals surface area contributed by atoms with Gasteiger partial charge in [-0.2, -0.15) is 0 Å². The zero-order valence-electron chi connectivity index (χ0n) is 24.0. The lowest BCUT2D eigenvalue weighted by atomic mass is 10.0. The second-order valence-electron chi connectivity index (χ2n) is 10.3. The smallest absolute Gasteiger partial charge is 0.472 e. The number of ether oxygens (including phenoxy) is 1. The van der Waals surface area contributed by atoms with Crippen molar-refractivity contribution in [2.75, 3.05) is 26.4 Å². The second-order valence-corrected chi connectivity index (χ2v) is 11.7. The molecule has 0 amide bonds. The second kappa shape index (κ2) is 26.7. The van der Waals surface area contributed by atoms with E-state index in [0.29, 0.717) is 19.3 Å². The lowest BCUT2D eigenvalue weighted by Gasteiger charge is -2.27. The maximum atomic E-state index is 12.3. The Hall–Kier alpha value is -0.540. The Morgan fingerprint density at radius 3 is 1.71 bits per heavy atom. The SMILES string of the molecule is CCCCCCCCCCCCCCCCCCC(OP(=O)(O)OCCN)[C@H](CO)OCCCCC(=O)O. The summed E-state index contributed by atoms with van der Waals surface area (Å²) in [6.45, 7) is 2.09. The monoisotopic (exact) mass is 567 g/mol. The van der Waals surface area contributed by atoms with Gasteiger partial charge in [-0.05, 0) is 19.3 Å². The van der Waals surface area contributed by atoms with Crippen LogP contribution >= 0.6 is 7.82 Å². The Labute approximate surface area is 231 Å². The minimum absolute atomic E-state index is 0.0467. The Morgan fingerprint density at radius 1 is 0.763 bits per heavy atom. The van der Waals surface area contributed by atoms with Crippen molar-refractivity contribution in [2.24, 2.45) is 5.73 Å². The Balaban J connectivity index is 4.15. The first kappa shape index (κ1) is 37.5. The van der Waals surface area contributed by atoms with E-state index in [1.54, 1.807) is 0 Å². The van der Waals surface area contributed by atoms with E-state index in [2.05, 4.69) is 6.92 Å². The first-order valence-corrected chi connectivity index (χ1v) is 16.7. The molecule has 0 aliphatic heterocycles. The number of unbranched alkanes of at least 4 members (excludes halogenated alkanes) is 16. The molecule has 0 aromatic heterocycles. The van der Waals surface area contributed by atoms with Gasteiger partial charge in [-0.15, -0.1) is 0 Å². The molecule has 0 aromatic carbocycles. The molecule has 10 heteroatoms. The molecule has 2 unspecified atom stereocenters. The zero-order chi connectivity index (χ0) is 28.3. The zero-order valence-corrected chi connectivity index (χ0v) is 24.9. The van der Waals surface area contributed by atoms with Crippen molar-refractivity contribution in [1.29, 1.82) is 0 Å². The van der Waals surface area contributed by atoms with Crippen molar-refractivity contribution in [3.05, 3.63) is 0 Å². The Bertz CT molecular complexity index is 581. The molecule has 5 N–H and O–H groups in total. The molecular formula is C28H58NO8P. The normalized spacial score (nSPS) is 14.8. The summed E-state index contributed by atoms with van der Waals surface area (Å²) in [6.07, 6.45) is 20.0. The number of aliphatic hydroxyl groups excluding tert-OH is 1. The highest BCUT2D eigenvalue weighted by Gasteiger charge is 2.32. The number of rotatable bonds is 30. The largest absolute Gasteiger partial charge is 0.481 e. The topological polar surface area (TPSA) is 149 Å². The summed E-state index contributed by atoms with van der Waals surface area (Å²) in [5.41, 5.74) is 5.35. The van der Waals surface area contributed by atoms with Gasteiger partial charge in [0.15, 0.2) is 0 Å². The third-order valence-electron chi connectivity index (χ3n) is 6.69. The first-order valence-electron chi connectivity index (χ1n) is 15.2. The molecule has 0 bridgehead atoms. The molecule has 0 aliphatic carbocycles. The van der Waals surface area contributed by atoms with Crippen molar-refractivity contribution >= 4 is 13.8 Å². The average Bonchev–Trinajstić information content (AvgIpc) is 2.88. The summed E-state index contributed by atoms with van der Waals surface area (Å²) < 4.78 is 28.2. The van der Waals surface area contributed by atoms with Crippen LogP contribution in [0.25, 0.3) is 0 Å². The molecule has 0 saturated heterocycles. The standard InChI is InChI=1S/C28H58NO8P/c1-2-3-4-5-6-7-8-9-10-11-12-13-14-15-16-17-20-26(37-38(33,34)36-24-22-29)27(25-30)35-23-19-18-21-28(31)32/h26-27,30H,2-25,29H2,1H3,(H,31,32)(H,33,34)/t26?,27-/m0/s1.